The first-order chi connectivity index (χ1) is 10.0. The molecular weight excluding hydrogens is 272 g/mol. The third-order valence-electron chi connectivity index (χ3n) is 2.86. The van der Waals surface area contributed by atoms with Crippen molar-refractivity contribution in [2.24, 2.45) is 5.84 Å². The minimum atomic E-state index is -0.522. The lowest BCUT2D eigenvalue weighted by molar-refractivity contribution is -0.384. The lowest BCUT2D eigenvalue weighted by Crippen LogP contribution is -2.15. The number of nitrogens with two attached hydrogens (primary N) is 1. The minimum absolute atomic E-state index is 0.128. The second-order valence-electron chi connectivity index (χ2n) is 4.19. The van der Waals surface area contributed by atoms with Crippen molar-refractivity contribution in [3.05, 3.63) is 52.1 Å². The number of nitrogens with zero attached hydrogens (tertiary/aromatic N) is 4. The summed E-state index contributed by atoms with van der Waals surface area (Å²) < 4.78 is 0. The van der Waals surface area contributed by atoms with E-state index in [9.17, 15) is 10.1 Å². The quantitative estimate of drug-likeness (QED) is 0.499. The normalized spacial score (nSPS) is 9.76. The third-order valence-corrected chi connectivity index (χ3v) is 2.86. The molecule has 0 saturated carbocycles. The summed E-state index contributed by atoms with van der Waals surface area (Å²) in [6.45, 7) is 0. The molecule has 106 valence electrons. The molecular formula is C13H12N6O2. The Morgan fingerprint density at radius 3 is 2.81 bits per heavy atom. The van der Waals surface area contributed by atoms with Crippen LogP contribution in [-0.4, -0.2) is 17.0 Å². The van der Waals surface area contributed by atoms with Gasteiger partial charge in [-0.3, -0.25) is 10.1 Å². The van der Waals surface area contributed by atoms with E-state index in [2.05, 4.69) is 10.4 Å². The highest BCUT2D eigenvalue weighted by Crippen LogP contribution is 2.27. The highest BCUT2D eigenvalue weighted by Gasteiger charge is 2.14. The van der Waals surface area contributed by atoms with E-state index in [1.807, 2.05) is 6.07 Å². The van der Waals surface area contributed by atoms with Crippen molar-refractivity contribution >= 4 is 23.0 Å². The molecule has 2 aromatic rings. The molecule has 0 unspecified atom stereocenters. The molecule has 0 fully saturated rings. The van der Waals surface area contributed by atoms with Gasteiger partial charge in [0.05, 0.1) is 28.7 Å². The average Bonchev–Trinajstić information content (AvgIpc) is 2.53. The molecule has 3 N–H and O–H groups in total. The maximum absolute atomic E-state index is 10.9. The van der Waals surface area contributed by atoms with Crippen LogP contribution < -0.4 is 16.2 Å². The van der Waals surface area contributed by atoms with Crippen LogP contribution in [-0.2, 0) is 0 Å². The Labute approximate surface area is 120 Å². The van der Waals surface area contributed by atoms with E-state index in [0.29, 0.717) is 17.1 Å². The van der Waals surface area contributed by atoms with Crippen LogP contribution in [0.3, 0.4) is 0 Å². The Balaban J connectivity index is 2.47. The van der Waals surface area contributed by atoms with Crippen molar-refractivity contribution < 1.29 is 4.92 Å². The van der Waals surface area contributed by atoms with Crippen molar-refractivity contribution in [2.45, 2.75) is 0 Å². The molecule has 8 nitrogen and oxygen atoms in total. The maximum Gasteiger partial charge on any atom is 0.276 e. The standard InChI is InChI=1S/C13H12N6O2/c1-18(10-4-2-3-9(5-10)8-14)13-7-11(19(20)21)6-12(16-13)17-15/h2-7H,15H2,1H3,(H,16,17). The zero-order valence-corrected chi connectivity index (χ0v) is 11.1. The number of nitrogen functional groups attached to an aromatic ring is 1. The first-order valence-electron chi connectivity index (χ1n) is 5.92. The lowest BCUT2D eigenvalue weighted by atomic mass is 10.2. The van der Waals surface area contributed by atoms with E-state index in [-0.39, 0.29) is 11.5 Å². The lowest BCUT2D eigenvalue weighted by Gasteiger charge is -2.19. The van der Waals surface area contributed by atoms with Gasteiger partial charge in [-0.25, -0.2) is 10.8 Å². The summed E-state index contributed by atoms with van der Waals surface area (Å²) in [6.07, 6.45) is 0. The van der Waals surface area contributed by atoms with E-state index in [1.165, 1.54) is 12.1 Å². The van der Waals surface area contributed by atoms with Crippen molar-refractivity contribution in [1.29, 1.82) is 5.26 Å². The number of pyridine rings is 1. The van der Waals surface area contributed by atoms with E-state index in [1.54, 1.807) is 36.2 Å². The Morgan fingerprint density at radius 1 is 1.43 bits per heavy atom. The van der Waals surface area contributed by atoms with Gasteiger partial charge in [0.2, 0.25) is 0 Å². The number of anilines is 3. The van der Waals surface area contributed by atoms with E-state index in [4.69, 9.17) is 11.1 Å². The predicted molar refractivity (Wildman–Crippen MR) is 77.9 cm³/mol. The zero-order valence-electron chi connectivity index (χ0n) is 11.1. The molecule has 0 spiro atoms. The van der Waals surface area contributed by atoms with Crippen LogP contribution in [0.2, 0.25) is 0 Å². The number of benzene rings is 1. The number of hydrogen-bond acceptors (Lipinski definition) is 7. The van der Waals surface area contributed by atoms with Gasteiger partial charge in [0.1, 0.15) is 11.6 Å². The van der Waals surface area contributed by atoms with Crippen LogP contribution >= 0.6 is 0 Å². The minimum Gasteiger partial charge on any atom is -0.329 e. The summed E-state index contributed by atoms with van der Waals surface area (Å²) in [7, 11) is 1.70. The van der Waals surface area contributed by atoms with Crippen LogP contribution in [0.4, 0.5) is 23.0 Å². The Kier molecular flexibility index (Phi) is 3.97. The molecule has 8 heteroatoms. The number of nitrogens with one attached hydrogen (secondary N) is 1. The van der Waals surface area contributed by atoms with Gasteiger partial charge in [0.15, 0.2) is 0 Å². The monoisotopic (exact) mass is 284 g/mol. The Bertz CT molecular complexity index is 725. The summed E-state index contributed by atoms with van der Waals surface area (Å²) in [4.78, 5) is 16.2. The molecule has 0 atom stereocenters. The second kappa shape index (κ2) is 5.85. The first-order valence-corrected chi connectivity index (χ1v) is 5.92. The van der Waals surface area contributed by atoms with Gasteiger partial charge in [-0.1, -0.05) is 6.07 Å². The number of nitriles is 1. The summed E-state index contributed by atoms with van der Waals surface area (Å²) >= 11 is 0. The van der Waals surface area contributed by atoms with E-state index in [0.717, 1.165) is 0 Å². The predicted octanol–water partition coefficient (Wildman–Crippen LogP) is 1.91. The summed E-state index contributed by atoms with van der Waals surface area (Å²) in [5.41, 5.74) is 3.34. The van der Waals surface area contributed by atoms with Gasteiger partial charge in [-0.15, -0.1) is 0 Å². The second-order valence-corrected chi connectivity index (χ2v) is 4.19. The molecule has 0 bridgehead atoms. The van der Waals surface area contributed by atoms with Gasteiger partial charge >= 0.3 is 0 Å². The molecule has 0 aliphatic rings. The van der Waals surface area contributed by atoms with E-state index < -0.39 is 4.92 Å². The molecule has 0 saturated heterocycles. The fraction of sp³-hybridized carbons (Fsp3) is 0.0769. The van der Waals surface area contributed by atoms with Gasteiger partial charge in [0.25, 0.3) is 5.69 Å². The first kappa shape index (κ1) is 14.2. The van der Waals surface area contributed by atoms with Gasteiger partial charge in [0, 0.05) is 12.7 Å². The largest absolute Gasteiger partial charge is 0.329 e. The van der Waals surface area contributed by atoms with Crippen LogP contribution in [0.25, 0.3) is 0 Å². The van der Waals surface area contributed by atoms with Crippen molar-refractivity contribution in [1.82, 2.24) is 4.98 Å². The summed E-state index contributed by atoms with van der Waals surface area (Å²) in [5.74, 6) is 5.80. The van der Waals surface area contributed by atoms with Gasteiger partial charge < -0.3 is 10.3 Å². The topological polar surface area (TPSA) is 121 Å². The molecule has 0 radical (unpaired) electrons. The van der Waals surface area contributed by atoms with Crippen LogP contribution in [0.5, 0.6) is 0 Å². The Morgan fingerprint density at radius 2 is 2.19 bits per heavy atom. The number of nitro groups is 1. The third kappa shape index (κ3) is 3.05. The average molecular weight is 284 g/mol. The SMILES string of the molecule is CN(c1cccc(C#N)c1)c1cc([N+](=O)[O-])cc(NN)n1. The molecule has 1 heterocycles. The number of hydrazine groups is 1. The highest BCUT2D eigenvalue weighted by molar-refractivity contribution is 5.65. The Hall–Kier alpha value is -3.18. The summed E-state index contributed by atoms with van der Waals surface area (Å²) in [6, 6.07) is 11.4. The highest BCUT2D eigenvalue weighted by atomic mass is 16.6. The fourth-order valence-corrected chi connectivity index (χ4v) is 1.77. The number of rotatable bonds is 4. The molecule has 21 heavy (non-hydrogen) atoms. The zero-order chi connectivity index (χ0) is 15.4. The molecule has 0 aliphatic heterocycles. The molecule has 1 aromatic heterocycles. The van der Waals surface area contributed by atoms with Crippen molar-refractivity contribution in [3.63, 3.8) is 0 Å². The van der Waals surface area contributed by atoms with Gasteiger partial charge in [-0.2, -0.15) is 5.26 Å². The van der Waals surface area contributed by atoms with Crippen LogP contribution in [0, 0.1) is 21.4 Å². The van der Waals surface area contributed by atoms with Crippen LogP contribution in [0.1, 0.15) is 5.56 Å². The molecule has 2 rings (SSSR count). The summed E-state index contributed by atoms with van der Waals surface area (Å²) in [5, 5.41) is 19.8. The fourth-order valence-electron chi connectivity index (χ4n) is 1.77. The van der Waals surface area contributed by atoms with Crippen molar-refractivity contribution in [3.8, 4) is 6.07 Å². The van der Waals surface area contributed by atoms with Crippen LogP contribution in [0.15, 0.2) is 36.4 Å². The molecule has 0 aliphatic carbocycles. The van der Waals surface area contributed by atoms with E-state index >= 15 is 0 Å². The number of aromatic nitrogens is 1. The smallest absolute Gasteiger partial charge is 0.276 e. The molecule has 0 amide bonds. The van der Waals surface area contributed by atoms with Crippen molar-refractivity contribution in [2.75, 3.05) is 17.4 Å². The maximum atomic E-state index is 10.9. The number of hydrogen-bond donors (Lipinski definition) is 2. The molecule has 1 aromatic carbocycles. The van der Waals surface area contributed by atoms with Gasteiger partial charge in [-0.05, 0) is 18.2 Å².